The number of benzene rings is 2. The minimum atomic E-state index is -0.169. The summed E-state index contributed by atoms with van der Waals surface area (Å²) >= 11 is 0. The van der Waals surface area contributed by atoms with Crippen LogP contribution in [-0.2, 0) is 16.0 Å². The zero-order valence-corrected chi connectivity index (χ0v) is 18.2. The van der Waals surface area contributed by atoms with E-state index in [1.54, 1.807) is 0 Å². The average Bonchev–Trinajstić information content (AvgIpc) is 3.33. The van der Waals surface area contributed by atoms with Crippen molar-refractivity contribution in [3.8, 4) is 0 Å². The summed E-state index contributed by atoms with van der Waals surface area (Å²) in [5.41, 5.74) is 2.22. The molecule has 2 aromatic rings. The summed E-state index contributed by atoms with van der Waals surface area (Å²) in [6.45, 7) is 5.05. The topological polar surface area (TPSA) is 52.7 Å². The lowest BCUT2D eigenvalue weighted by Crippen LogP contribution is -2.49. The number of carbonyl (C=O) groups excluding carboxylic acids is 2. The molecule has 1 N–H and O–H groups in total. The normalized spacial score (nSPS) is 21.7. The van der Waals surface area contributed by atoms with E-state index in [0.29, 0.717) is 26.1 Å². The number of nitrogens with one attached hydrogen (secondary N) is 1. The van der Waals surface area contributed by atoms with Gasteiger partial charge in [0.1, 0.15) is 0 Å². The van der Waals surface area contributed by atoms with Gasteiger partial charge in [-0.3, -0.25) is 9.59 Å². The van der Waals surface area contributed by atoms with Gasteiger partial charge in [0.25, 0.3) is 0 Å². The number of hydrogen-bond acceptors (Lipinski definition) is 3. The van der Waals surface area contributed by atoms with Crippen LogP contribution < -0.4 is 5.32 Å². The van der Waals surface area contributed by atoms with Crippen LogP contribution in [0, 0.1) is 5.92 Å². The first kappa shape index (κ1) is 21.6. The average molecular weight is 420 g/mol. The monoisotopic (exact) mass is 419 g/mol. The Morgan fingerprint density at radius 3 is 2.29 bits per heavy atom. The second-order valence-corrected chi connectivity index (χ2v) is 8.84. The second-order valence-electron chi connectivity index (χ2n) is 8.84. The highest BCUT2D eigenvalue weighted by atomic mass is 16.2. The van der Waals surface area contributed by atoms with Crippen LogP contribution in [0.25, 0.3) is 0 Å². The molecule has 31 heavy (non-hydrogen) atoms. The summed E-state index contributed by atoms with van der Waals surface area (Å²) in [7, 11) is 0. The van der Waals surface area contributed by atoms with Crippen LogP contribution in [0.1, 0.15) is 36.3 Å². The molecule has 4 rings (SSSR count). The summed E-state index contributed by atoms with van der Waals surface area (Å²) in [4.78, 5) is 30.4. The van der Waals surface area contributed by atoms with Crippen LogP contribution in [0.3, 0.4) is 0 Å². The van der Waals surface area contributed by atoms with Crippen molar-refractivity contribution in [2.24, 2.45) is 5.92 Å². The van der Waals surface area contributed by atoms with Gasteiger partial charge >= 0.3 is 0 Å². The number of amides is 2. The van der Waals surface area contributed by atoms with Crippen LogP contribution in [0.2, 0.25) is 0 Å². The van der Waals surface area contributed by atoms with E-state index in [1.807, 2.05) is 53.4 Å². The van der Waals surface area contributed by atoms with Crippen molar-refractivity contribution >= 4 is 11.8 Å². The zero-order valence-electron chi connectivity index (χ0n) is 18.2. The maximum Gasteiger partial charge on any atom is 0.227 e. The van der Waals surface area contributed by atoms with Gasteiger partial charge in [-0.25, -0.2) is 0 Å². The van der Waals surface area contributed by atoms with E-state index in [-0.39, 0.29) is 23.7 Å². The number of hydrogen-bond donors (Lipinski definition) is 1. The van der Waals surface area contributed by atoms with E-state index in [0.717, 1.165) is 31.6 Å². The van der Waals surface area contributed by atoms with Gasteiger partial charge in [0.05, 0.1) is 12.3 Å². The van der Waals surface area contributed by atoms with Crippen LogP contribution >= 0.6 is 0 Å². The maximum atomic E-state index is 13.1. The Morgan fingerprint density at radius 2 is 1.58 bits per heavy atom. The lowest BCUT2D eigenvalue weighted by atomic mass is 9.83. The fourth-order valence-corrected chi connectivity index (χ4v) is 4.83. The number of piperidine rings is 1. The van der Waals surface area contributed by atoms with E-state index in [1.165, 1.54) is 18.4 Å². The Morgan fingerprint density at radius 1 is 0.903 bits per heavy atom. The lowest BCUT2D eigenvalue weighted by molar-refractivity contribution is -0.135. The molecule has 0 unspecified atom stereocenters. The van der Waals surface area contributed by atoms with Crippen molar-refractivity contribution in [2.75, 3.05) is 39.3 Å². The van der Waals surface area contributed by atoms with E-state index >= 15 is 0 Å². The Kier molecular flexibility index (Phi) is 7.36. The van der Waals surface area contributed by atoms with Crippen molar-refractivity contribution in [1.29, 1.82) is 0 Å². The highest BCUT2D eigenvalue weighted by molar-refractivity contribution is 5.82. The van der Waals surface area contributed by atoms with Crippen molar-refractivity contribution in [3.63, 3.8) is 0 Å². The van der Waals surface area contributed by atoms with Gasteiger partial charge in [0, 0.05) is 32.1 Å². The minimum absolute atomic E-state index is 0.0809. The predicted octanol–water partition coefficient (Wildman–Crippen LogP) is 3.07. The van der Waals surface area contributed by atoms with Crippen molar-refractivity contribution in [1.82, 2.24) is 15.1 Å². The number of carbonyl (C=O) groups is 2. The molecular formula is C26H33N3O2. The predicted molar refractivity (Wildman–Crippen MR) is 123 cm³/mol. The number of nitrogens with zero attached hydrogens (tertiary/aromatic N) is 2. The largest absolute Gasteiger partial charge is 0.355 e. The molecule has 2 saturated heterocycles. The molecular weight excluding hydrogens is 386 g/mol. The minimum Gasteiger partial charge on any atom is -0.355 e. The first-order valence-electron chi connectivity index (χ1n) is 11.6. The third-order valence-corrected chi connectivity index (χ3v) is 6.57. The van der Waals surface area contributed by atoms with Crippen molar-refractivity contribution in [3.05, 3.63) is 71.8 Å². The summed E-state index contributed by atoms with van der Waals surface area (Å²) in [5, 5.41) is 3.14. The fraction of sp³-hybridized carbons (Fsp3) is 0.462. The molecule has 0 aliphatic carbocycles. The maximum absolute atomic E-state index is 13.1. The first-order valence-corrected chi connectivity index (χ1v) is 11.6. The van der Waals surface area contributed by atoms with Gasteiger partial charge in [-0.1, -0.05) is 60.7 Å². The Labute approximate surface area is 185 Å². The van der Waals surface area contributed by atoms with Gasteiger partial charge < -0.3 is 15.1 Å². The van der Waals surface area contributed by atoms with Crippen LogP contribution in [-0.4, -0.2) is 60.9 Å². The van der Waals surface area contributed by atoms with Crippen molar-refractivity contribution < 1.29 is 9.59 Å². The zero-order chi connectivity index (χ0) is 21.5. The summed E-state index contributed by atoms with van der Waals surface area (Å²) in [5.74, 6) is 0.195. The number of rotatable bonds is 7. The quantitative estimate of drug-likeness (QED) is 0.750. The van der Waals surface area contributed by atoms with Crippen LogP contribution in [0.5, 0.6) is 0 Å². The highest BCUT2D eigenvalue weighted by Gasteiger charge is 2.34. The van der Waals surface area contributed by atoms with Gasteiger partial charge in [-0.2, -0.15) is 0 Å². The molecule has 2 atom stereocenters. The van der Waals surface area contributed by atoms with E-state index in [2.05, 4.69) is 22.3 Å². The van der Waals surface area contributed by atoms with Crippen LogP contribution in [0.15, 0.2) is 60.7 Å². The molecule has 0 aromatic heterocycles. The molecule has 2 fully saturated rings. The molecule has 2 heterocycles. The standard InChI is InChI=1S/C26H33N3O2/c30-25(17-21-9-3-1-4-10-21)29-19-23(22-11-5-2-6-12-22)18-24(20-29)26(31)27-13-16-28-14-7-8-15-28/h1-6,9-12,23-24H,7-8,13-20H2,(H,27,31)/t23-,24-/m1/s1. The highest BCUT2D eigenvalue weighted by Crippen LogP contribution is 2.31. The summed E-state index contributed by atoms with van der Waals surface area (Å²) < 4.78 is 0. The van der Waals surface area contributed by atoms with E-state index in [9.17, 15) is 9.59 Å². The SMILES string of the molecule is O=C(NCCN1CCCC1)[C@@H]1C[C@@H](c2ccccc2)CN(C(=O)Cc2ccccc2)C1. The Bertz CT molecular complexity index is 849. The van der Waals surface area contributed by atoms with Gasteiger partial charge in [-0.05, 0) is 43.5 Å². The Balaban J connectivity index is 1.41. The molecule has 0 saturated carbocycles. The molecule has 2 aliphatic heterocycles. The molecule has 2 aliphatic rings. The fourth-order valence-electron chi connectivity index (χ4n) is 4.83. The van der Waals surface area contributed by atoms with Gasteiger partial charge in [-0.15, -0.1) is 0 Å². The van der Waals surface area contributed by atoms with Gasteiger partial charge in [0.2, 0.25) is 11.8 Å². The van der Waals surface area contributed by atoms with Crippen LogP contribution in [0.4, 0.5) is 0 Å². The molecule has 0 bridgehead atoms. The molecule has 0 radical (unpaired) electrons. The lowest BCUT2D eigenvalue weighted by Gasteiger charge is -2.37. The molecule has 2 amide bonds. The Hall–Kier alpha value is -2.66. The molecule has 5 nitrogen and oxygen atoms in total. The second kappa shape index (κ2) is 10.6. The molecule has 164 valence electrons. The van der Waals surface area contributed by atoms with E-state index in [4.69, 9.17) is 0 Å². The summed E-state index contributed by atoms with van der Waals surface area (Å²) in [6, 6.07) is 20.1. The molecule has 0 spiro atoms. The third kappa shape index (κ3) is 5.95. The number of likely N-dealkylation sites (tertiary alicyclic amines) is 2. The smallest absolute Gasteiger partial charge is 0.227 e. The van der Waals surface area contributed by atoms with Crippen molar-refractivity contribution in [2.45, 2.75) is 31.6 Å². The first-order chi connectivity index (χ1) is 15.2. The molecule has 2 aromatic carbocycles. The summed E-state index contributed by atoms with van der Waals surface area (Å²) in [6.07, 6.45) is 3.68. The van der Waals surface area contributed by atoms with Gasteiger partial charge in [0.15, 0.2) is 0 Å². The van der Waals surface area contributed by atoms with E-state index < -0.39 is 0 Å². The molecule has 5 heteroatoms. The third-order valence-electron chi connectivity index (χ3n) is 6.57.